The Morgan fingerprint density at radius 2 is 2.17 bits per heavy atom. The van der Waals surface area contributed by atoms with Gasteiger partial charge in [0.1, 0.15) is 6.61 Å². The van der Waals surface area contributed by atoms with Gasteiger partial charge in [-0.05, 0) is 19.3 Å². The van der Waals surface area contributed by atoms with Crippen molar-refractivity contribution in [1.82, 2.24) is 0 Å². The Morgan fingerprint density at radius 3 is 2.75 bits per heavy atom. The number of ether oxygens (including phenoxy) is 1. The van der Waals surface area contributed by atoms with Gasteiger partial charge in [0.05, 0.1) is 5.92 Å². The number of carbonyl (C=O) groups is 1. The van der Waals surface area contributed by atoms with Gasteiger partial charge in [-0.3, -0.25) is 4.79 Å². The molecule has 12 heavy (non-hydrogen) atoms. The highest BCUT2D eigenvalue weighted by Gasteiger charge is 2.23. The van der Waals surface area contributed by atoms with Gasteiger partial charge in [-0.25, -0.2) is 0 Å². The Labute approximate surface area is 74.3 Å². The summed E-state index contributed by atoms with van der Waals surface area (Å²) in [6, 6.07) is 0. The van der Waals surface area contributed by atoms with Gasteiger partial charge in [0.15, 0.2) is 0 Å². The minimum absolute atomic E-state index is 0.0130. The van der Waals surface area contributed by atoms with Gasteiger partial charge in [-0.15, -0.1) is 0 Å². The van der Waals surface area contributed by atoms with E-state index in [4.69, 9.17) is 4.74 Å². The average Bonchev–Trinajstić information content (AvgIpc) is 2.56. The highest BCUT2D eigenvalue weighted by molar-refractivity contribution is 5.73. The van der Waals surface area contributed by atoms with Crippen molar-refractivity contribution >= 4 is 5.97 Å². The van der Waals surface area contributed by atoms with Crippen molar-refractivity contribution in [2.75, 3.05) is 0 Å². The summed E-state index contributed by atoms with van der Waals surface area (Å²) in [5.74, 6) is 0.180. The van der Waals surface area contributed by atoms with E-state index in [0.29, 0.717) is 0 Å². The van der Waals surface area contributed by atoms with Crippen LogP contribution in [0.1, 0.15) is 45.4 Å². The molecular weight excluding hydrogens is 152 g/mol. The molecule has 69 valence electrons. The van der Waals surface area contributed by atoms with Gasteiger partial charge in [0.25, 0.3) is 0 Å². The first-order chi connectivity index (χ1) is 5.84. The Morgan fingerprint density at radius 1 is 1.50 bits per heavy atom. The van der Waals surface area contributed by atoms with E-state index in [1.54, 1.807) is 6.61 Å². The van der Waals surface area contributed by atoms with Gasteiger partial charge >= 0.3 is 5.97 Å². The Hall–Kier alpha value is -0.530. The van der Waals surface area contributed by atoms with E-state index in [2.05, 4.69) is 6.92 Å². The van der Waals surface area contributed by atoms with Crippen molar-refractivity contribution in [1.29, 1.82) is 0 Å². The summed E-state index contributed by atoms with van der Waals surface area (Å²) >= 11 is 0. The number of carbonyl (C=O) groups excluding carboxylic acids is 1. The molecule has 0 heterocycles. The van der Waals surface area contributed by atoms with Crippen LogP contribution < -0.4 is 0 Å². The summed E-state index contributed by atoms with van der Waals surface area (Å²) in [7, 11) is 0. The standard InChI is InChI=1S/C10H17O2/c1-2-3-8-12-10(11)9-6-4-5-7-9/h8-9H,2-7H2,1H3. The summed E-state index contributed by atoms with van der Waals surface area (Å²) in [5, 5.41) is 0. The van der Waals surface area contributed by atoms with Crippen LogP contribution in [0.2, 0.25) is 0 Å². The zero-order valence-electron chi connectivity index (χ0n) is 7.71. The van der Waals surface area contributed by atoms with Gasteiger partial charge < -0.3 is 4.74 Å². The molecule has 0 aliphatic heterocycles. The largest absolute Gasteiger partial charge is 0.458 e. The average molecular weight is 169 g/mol. The van der Waals surface area contributed by atoms with Crippen LogP contribution in [0.4, 0.5) is 0 Å². The molecule has 2 heteroatoms. The Kier molecular flexibility index (Phi) is 4.12. The highest BCUT2D eigenvalue weighted by atomic mass is 16.5. The van der Waals surface area contributed by atoms with Crippen molar-refractivity contribution in [2.24, 2.45) is 5.92 Å². The van der Waals surface area contributed by atoms with E-state index in [0.717, 1.165) is 25.7 Å². The normalized spacial score (nSPS) is 18.1. The molecule has 1 rings (SSSR count). The quantitative estimate of drug-likeness (QED) is 0.477. The fourth-order valence-corrected chi connectivity index (χ4v) is 1.52. The van der Waals surface area contributed by atoms with Crippen LogP contribution in [-0.4, -0.2) is 5.97 Å². The molecule has 0 aromatic rings. The second-order valence-corrected chi connectivity index (χ2v) is 3.37. The summed E-state index contributed by atoms with van der Waals surface area (Å²) in [6.07, 6.45) is 6.34. The number of hydrogen-bond acceptors (Lipinski definition) is 2. The van der Waals surface area contributed by atoms with E-state index < -0.39 is 0 Å². The van der Waals surface area contributed by atoms with Crippen LogP contribution in [0.3, 0.4) is 0 Å². The fraction of sp³-hybridized carbons (Fsp3) is 0.800. The van der Waals surface area contributed by atoms with Crippen molar-refractivity contribution in [3.05, 3.63) is 6.61 Å². The Balaban J connectivity index is 2.10. The van der Waals surface area contributed by atoms with Gasteiger partial charge in [0.2, 0.25) is 0 Å². The lowest BCUT2D eigenvalue weighted by Gasteiger charge is -2.07. The number of esters is 1. The van der Waals surface area contributed by atoms with Crippen LogP contribution in [0.15, 0.2) is 0 Å². The van der Waals surface area contributed by atoms with E-state index in [1.807, 2.05) is 0 Å². The van der Waals surface area contributed by atoms with Crippen molar-refractivity contribution in [2.45, 2.75) is 45.4 Å². The van der Waals surface area contributed by atoms with Gasteiger partial charge in [0, 0.05) is 0 Å². The van der Waals surface area contributed by atoms with Crippen LogP contribution in [0.25, 0.3) is 0 Å². The first-order valence-corrected chi connectivity index (χ1v) is 4.86. The molecule has 1 saturated carbocycles. The zero-order valence-corrected chi connectivity index (χ0v) is 7.71. The topological polar surface area (TPSA) is 26.3 Å². The highest BCUT2D eigenvalue weighted by Crippen LogP contribution is 2.25. The van der Waals surface area contributed by atoms with Crippen molar-refractivity contribution in [3.63, 3.8) is 0 Å². The lowest BCUT2D eigenvalue weighted by molar-refractivity contribution is -0.144. The summed E-state index contributed by atoms with van der Waals surface area (Å²) < 4.78 is 5.00. The number of unbranched alkanes of at least 4 members (excludes halogenated alkanes) is 1. The first-order valence-electron chi connectivity index (χ1n) is 4.86. The van der Waals surface area contributed by atoms with Crippen LogP contribution in [-0.2, 0) is 9.53 Å². The second kappa shape index (κ2) is 5.18. The van der Waals surface area contributed by atoms with Crippen LogP contribution in [0, 0.1) is 12.5 Å². The maximum Gasteiger partial charge on any atom is 0.309 e. The molecule has 0 saturated heterocycles. The lowest BCUT2D eigenvalue weighted by atomic mass is 10.1. The van der Waals surface area contributed by atoms with Crippen molar-refractivity contribution < 1.29 is 9.53 Å². The minimum atomic E-state index is -0.0130. The lowest BCUT2D eigenvalue weighted by Crippen LogP contribution is -2.13. The third kappa shape index (κ3) is 2.84. The molecule has 0 aromatic heterocycles. The minimum Gasteiger partial charge on any atom is -0.458 e. The van der Waals surface area contributed by atoms with Gasteiger partial charge in [-0.2, -0.15) is 0 Å². The van der Waals surface area contributed by atoms with E-state index >= 15 is 0 Å². The van der Waals surface area contributed by atoms with E-state index in [1.165, 1.54) is 12.8 Å². The predicted octanol–water partition coefficient (Wildman–Crippen LogP) is 2.68. The molecule has 0 spiro atoms. The molecule has 0 aromatic carbocycles. The maximum absolute atomic E-state index is 11.3. The molecular formula is C10H17O2. The summed E-state index contributed by atoms with van der Waals surface area (Å²) in [5.41, 5.74) is 0. The molecule has 0 atom stereocenters. The molecule has 0 N–H and O–H groups in total. The van der Waals surface area contributed by atoms with Crippen LogP contribution >= 0.6 is 0 Å². The van der Waals surface area contributed by atoms with Gasteiger partial charge in [-0.1, -0.05) is 26.2 Å². The van der Waals surface area contributed by atoms with E-state index in [9.17, 15) is 4.79 Å². The van der Waals surface area contributed by atoms with Crippen LogP contribution in [0.5, 0.6) is 0 Å². The van der Waals surface area contributed by atoms with E-state index in [-0.39, 0.29) is 11.9 Å². The molecule has 1 radical (unpaired) electrons. The fourth-order valence-electron chi connectivity index (χ4n) is 1.52. The first kappa shape index (κ1) is 9.56. The molecule has 1 fully saturated rings. The third-order valence-electron chi connectivity index (χ3n) is 2.29. The zero-order chi connectivity index (χ0) is 8.81. The molecule has 0 unspecified atom stereocenters. The second-order valence-electron chi connectivity index (χ2n) is 3.37. The molecule has 0 bridgehead atoms. The SMILES string of the molecule is CCC[CH]OC(=O)C1CCCC1. The molecule has 0 amide bonds. The van der Waals surface area contributed by atoms with Crippen molar-refractivity contribution in [3.8, 4) is 0 Å². The molecule has 1 aliphatic rings. The monoisotopic (exact) mass is 169 g/mol. The molecule has 2 nitrogen and oxygen atoms in total. The third-order valence-corrected chi connectivity index (χ3v) is 2.29. The smallest absolute Gasteiger partial charge is 0.309 e. The summed E-state index contributed by atoms with van der Waals surface area (Å²) in [4.78, 5) is 11.3. The number of rotatable bonds is 4. The predicted molar refractivity (Wildman–Crippen MR) is 47.3 cm³/mol. The number of hydrogen-bond donors (Lipinski definition) is 0. The Bertz CT molecular complexity index is 137. The maximum atomic E-state index is 11.3. The molecule has 1 aliphatic carbocycles. The summed E-state index contributed by atoms with van der Waals surface area (Å²) in [6.45, 7) is 3.71.